The molecule has 1 unspecified atom stereocenters. The first-order valence-electron chi connectivity index (χ1n) is 10.2. The summed E-state index contributed by atoms with van der Waals surface area (Å²) in [5.41, 5.74) is 2.74. The van der Waals surface area contributed by atoms with Crippen LogP contribution < -0.4 is 9.64 Å². The summed E-state index contributed by atoms with van der Waals surface area (Å²) in [6.45, 7) is 4.24. The summed E-state index contributed by atoms with van der Waals surface area (Å²) in [5.74, 6) is -1.01. The van der Waals surface area contributed by atoms with Gasteiger partial charge < -0.3 is 9.84 Å². The van der Waals surface area contributed by atoms with Gasteiger partial charge in [0, 0.05) is 11.3 Å². The van der Waals surface area contributed by atoms with E-state index < -0.39 is 17.7 Å². The fourth-order valence-electron chi connectivity index (χ4n) is 3.92. The molecule has 1 aliphatic rings. The Hall–Kier alpha value is -3.86. The van der Waals surface area contributed by atoms with Gasteiger partial charge in [-0.15, -0.1) is 0 Å². The molecule has 1 amide bonds. The molecule has 0 saturated carbocycles. The Morgan fingerprint density at radius 3 is 2.39 bits per heavy atom. The molecule has 1 heterocycles. The third-order valence-corrected chi connectivity index (χ3v) is 5.35. The van der Waals surface area contributed by atoms with E-state index in [1.807, 2.05) is 68.4 Å². The van der Waals surface area contributed by atoms with E-state index >= 15 is 0 Å². The molecule has 3 aromatic rings. The van der Waals surface area contributed by atoms with E-state index in [1.54, 1.807) is 24.3 Å². The molecule has 5 nitrogen and oxygen atoms in total. The first kappa shape index (κ1) is 20.4. The van der Waals surface area contributed by atoms with E-state index in [2.05, 4.69) is 0 Å². The minimum atomic E-state index is -0.738. The summed E-state index contributed by atoms with van der Waals surface area (Å²) in [5, 5.41) is 11.2. The van der Waals surface area contributed by atoms with Crippen molar-refractivity contribution in [1.29, 1.82) is 0 Å². The molecule has 1 atom stereocenters. The second kappa shape index (κ2) is 8.48. The number of ketones is 1. The lowest BCUT2D eigenvalue weighted by atomic mass is 9.95. The number of carbonyl (C=O) groups excluding carboxylic acids is 2. The molecular formula is C26H23NO4. The number of ether oxygens (including phenoxy) is 1. The fourth-order valence-corrected chi connectivity index (χ4v) is 3.92. The number of anilines is 1. The number of hydrogen-bond donors (Lipinski definition) is 1. The molecule has 1 saturated heterocycles. The molecule has 1 N–H and O–H groups in total. The first-order chi connectivity index (χ1) is 15.0. The SMILES string of the molecule is CCOc1cccc(/C(O)=C2/C(=O)C(=O)N(c3ccccc3C)C2c2ccccc2)c1. The van der Waals surface area contributed by atoms with Crippen LogP contribution in [0.3, 0.4) is 0 Å². The van der Waals surface area contributed by atoms with Crippen LogP contribution in [0.2, 0.25) is 0 Å². The van der Waals surface area contributed by atoms with Gasteiger partial charge in [-0.25, -0.2) is 0 Å². The normalized spacial score (nSPS) is 17.7. The van der Waals surface area contributed by atoms with Gasteiger partial charge in [-0.05, 0) is 43.2 Å². The topological polar surface area (TPSA) is 66.8 Å². The van der Waals surface area contributed by atoms with E-state index in [1.165, 1.54) is 4.90 Å². The van der Waals surface area contributed by atoms with Gasteiger partial charge in [0.2, 0.25) is 0 Å². The van der Waals surface area contributed by atoms with Gasteiger partial charge in [-0.2, -0.15) is 0 Å². The molecule has 31 heavy (non-hydrogen) atoms. The number of aliphatic hydroxyl groups excluding tert-OH is 1. The number of nitrogens with zero attached hydrogens (tertiary/aromatic N) is 1. The number of para-hydroxylation sites is 1. The van der Waals surface area contributed by atoms with Crippen molar-refractivity contribution in [3.8, 4) is 5.75 Å². The van der Waals surface area contributed by atoms with Crippen LogP contribution in [0.1, 0.15) is 29.7 Å². The Balaban J connectivity index is 1.93. The monoisotopic (exact) mass is 413 g/mol. The summed E-state index contributed by atoms with van der Waals surface area (Å²) >= 11 is 0. The van der Waals surface area contributed by atoms with Crippen molar-refractivity contribution in [2.24, 2.45) is 0 Å². The first-order valence-corrected chi connectivity index (χ1v) is 10.2. The second-order valence-electron chi connectivity index (χ2n) is 7.33. The Kier molecular flexibility index (Phi) is 5.58. The Labute approximate surface area is 181 Å². The van der Waals surface area contributed by atoms with Crippen LogP contribution in [0.5, 0.6) is 5.75 Å². The average Bonchev–Trinajstić information content (AvgIpc) is 3.05. The van der Waals surface area contributed by atoms with E-state index in [0.29, 0.717) is 23.6 Å². The highest BCUT2D eigenvalue weighted by Gasteiger charge is 2.47. The third kappa shape index (κ3) is 3.70. The molecule has 156 valence electrons. The van der Waals surface area contributed by atoms with Crippen LogP contribution in [0.4, 0.5) is 5.69 Å². The predicted molar refractivity (Wildman–Crippen MR) is 120 cm³/mol. The Morgan fingerprint density at radius 2 is 1.68 bits per heavy atom. The van der Waals surface area contributed by atoms with Crippen molar-refractivity contribution >= 4 is 23.1 Å². The van der Waals surface area contributed by atoms with Crippen molar-refractivity contribution in [2.45, 2.75) is 19.9 Å². The summed E-state index contributed by atoms with van der Waals surface area (Å²) in [7, 11) is 0. The number of aryl methyl sites for hydroxylation is 1. The van der Waals surface area contributed by atoms with Gasteiger partial charge in [0.25, 0.3) is 11.7 Å². The maximum absolute atomic E-state index is 13.2. The Morgan fingerprint density at radius 1 is 0.968 bits per heavy atom. The fraction of sp³-hybridized carbons (Fsp3) is 0.154. The van der Waals surface area contributed by atoms with E-state index in [4.69, 9.17) is 4.74 Å². The van der Waals surface area contributed by atoms with Crippen molar-refractivity contribution in [3.63, 3.8) is 0 Å². The zero-order valence-corrected chi connectivity index (χ0v) is 17.4. The third-order valence-electron chi connectivity index (χ3n) is 5.35. The zero-order chi connectivity index (χ0) is 22.0. The van der Waals surface area contributed by atoms with Gasteiger partial charge in [0.1, 0.15) is 11.5 Å². The number of Topliss-reactive ketones (excluding diaryl/α,β-unsaturated/α-hetero) is 1. The van der Waals surface area contributed by atoms with Crippen LogP contribution in [-0.2, 0) is 9.59 Å². The van der Waals surface area contributed by atoms with Crippen molar-refractivity contribution in [1.82, 2.24) is 0 Å². The van der Waals surface area contributed by atoms with Crippen LogP contribution in [-0.4, -0.2) is 23.4 Å². The average molecular weight is 413 g/mol. The molecular weight excluding hydrogens is 390 g/mol. The Bertz CT molecular complexity index is 1170. The van der Waals surface area contributed by atoms with Crippen molar-refractivity contribution in [2.75, 3.05) is 11.5 Å². The number of benzene rings is 3. The summed E-state index contributed by atoms with van der Waals surface area (Å²) in [6.07, 6.45) is 0. The number of amides is 1. The standard InChI is InChI=1S/C26H23NO4/c1-3-31-20-14-9-13-19(16-20)24(28)22-23(18-11-5-4-6-12-18)27(26(30)25(22)29)21-15-8-7-10-17(21)2/h4-16,23,28H,3H2,1-2H3/b24-22-. The van der Waals surface area contributed by atoms with E-state index in [-0.39, 0.29) is 11.3 Å². The molecule has 3 aromatic carbocycles. The summed E-state index contributed by atoms with van der Waals surface area (Å²) < 4.78 is 5.53. The smallest absolute Gasteiger partial charge is 0.300 e. The van der Waals surface area contributed by atoms with Gasteiger partial charge in [0.15, 0.2) is 0 Å². The number of rotatable bonds is 5. The largest absolute Gasteiger partial charge is 0.507 e. The molecule has 0 aliphatic carbocycles. The van der Waals surface area contributed by atoms with Crippen LogP contribution in [0, 0.1) is 6.92 Å². The highest BCUT2D eigenvalue weighted by Crippen LogP contribution is 2.43. The number of hydrogen-bond acceptors (Lipinski definition) is 4. The summed E-state index contributed by atoms with van der Waals surface area (Å²) in [4.78, 5) is 27.8. The minimum Gasteiger partial charge on any atom is -0.507 e. The minimum absolute atomic E-state index is 0.0631. The quantitative estimate of drug-likeness (QED) is 0.362. The van der Waals surface area contributed by atoms with Crippen molar-refractivity contribution < 1.29 is 19.4 Å². The highest BCUT2D eigenvalue weighted by atomic mass is 16.5. The lowest BCUT2D eigenvalue weighted by Gasteiger charge is -2.26. The molecule has 1 aliphatic heterocycles. The van der Waals surface area contributed by atoms with Gasteiger partial charge in [-0.1, -0.05) is 60.7 Å². The van der Waals surface area contributed by atoms with Gasteiger partial charge in [0.05, 0.1) is 18.2 Å². The van der Waals surface area contributed by atoms with E-state index in [0.717, 1.165) is 11.1 Å². The number of aliphatic hydroxyl groups is 1. The van der Waals surface area contributed by atoms with E-state index in [9.17, 15) is 14.7 Å². The molecule has 0 radical (unpaired) electrons. The molecule has 1 fully saturated rings. The molecule has 5 heteroatoms. The maximum Gasteiger partial charge on any atom is 0.300 e. The molecule has 4 rings (SSSR count). The van der Waals surface area contributed by atoms with Gasteiger partial charge >= 0.3 is 0 Å². The van der Waals surface area contributed by atoms with Gasteiger partial charge in [-0.3, -0.25) is 14.5 Å². The molecule has 0 aromatic heterocycles. The predicted octanol–water partition coefficient (Wildman–Crippen LogP) is 5.02. The highest BCUT2D eigenvalue weighted by molar-refractivity contribution is 6.51. The van der Waals surface area contributed by atoms with Crippen LogP contribution >= 0.6 is 0 Å². The number of carbonyl (C=O) groups is 2. The lowest BCUT2D eigenvalue weighted by molar-refractivity contribution is -0.132. The summed E-state index contributed by atoms with van der Waals surface area (Å²) in [6, 6.07) is 22.8. The molecule has 0 bridgehead atoms. The lowest BCUT2D eigenvalue weighted by Crippen LogP contribution is -2.30. The maximum atomic E-state index is 13.2. The zero-order valence-electron chi connectivity index (χ0n) is 17.4. The molecule has 0 spiro atoms. The van der Waals surface area contributed by atoms with Crippen LogP contribution in [0.15, 0.2) is 84.4 Å². The van der Waals surface area contributed by atoms with Crippen LogP contribution in [0.25, 0.3) is 5.76 Å². The van der Waals surface area contributed by atoms with Crippen molar-refractivity contribution in [3.05, 3.63) is 101 Å². The second-order valence-corrected chi connectivity index (χ2v) is 7.33.